The Labute approximate surface area is 168 Å². The number of halogens is 1. The molecule has 154 valence electrons. The summed E-state index contributed by atoms with van der Waals surface area (Å²) in [6, 6.07) is 7.03. The number of ether oxygens (including phenoxy) is 2. The third-order valence-electron chi connectivity index (χ3n) is 4.27. The van der Waals surface area contributed by atoms with Crippen LogP contribution in [-0.4, -0.2) is 43.0 Å². The van der Waals surface area contributed by atoms with Crippen LogP contribution in [0.4, 0.5) is 11.5 Å². The molecule has 0 bridgehead atoms. The second-order valence-electron chi connectivity index (χ2n) is 6.28. The first-order chi connectivity index (χ1) is 13.5. The second-order valence-corrected chi connectivity index (χ2v) is 6.72. The summed E-state index contributed by atoms with van der Waals surface area (Å²) in [5.41, 5.74) is 5.45. The van der Waals surface area contributed by atoms with E-state index in [0.29, 0.717) is 43.6 Å². The number of nitrogens with one attached hydrogen (secondary N) is 1. The van der Waals surface area contributed by atoms with Gasteiger partial charge in [-0.05, 0) is 30.7 Å². The molecule has 1 heterocycles. The van der Waals surface area contributed by atoms with Crippen LogP contribution in [0.5, 0.6) is 5.75 Å². The fraction of sp³-hybridized carbons (Fsp3) is 0.474. The van der Waals surface area contributed by atoms with Crippen molar-refractivity contribution < 1.29 is 9.47 Å². The smallest absolute Gasteiger partial charge is 0.330 e. The minimum absolute atomic E-state index is 0.157. The maximum Gasteiger partial charge on any atom is 0.330 e. The molecule has 0 saturated heterocycles. The van der Waals surface area contributed by atoms with Gasteiger partial charge in [-0.1, -0.05) is 24.9 Å². The van der Waals surface area contributed by atoms with Gasteiger partial charge < -0.3 is 20.1 Å². The maximum atomic E-state index is 12.5. The van der Waals surface area contributed by atoms with Gasteiger partial charge in [0.25, 0.3) is 5.56 Å². The van der Waals surface area contributed by atoms with Crippen LogP contribution in [0, 0.1) is 0 Å². The summed E-state index contributed by atoms with van der Waals surface area (Å²) in [5, 5.41) is 0.628. The van der Waals surface area contributed by atoms with E-state index in [1.54, 1.807) is 36.3 Å². The van der Waals surface area contributed by atoms with Crippen LogP contribution in [0.3, 0.4) is 0 Å². The molecule has 0 spiro atoms. The van der Waals surface area contributed by atoms with Gasteiger partial charge in [0.15, 0.2) is 0 Å². The molecule has 0 aliphatic rings. The largest absolute Gasteiger partial charge is 0.492 e. The van der Waals surface area contributed by atoms with E-state index in [9.17, 15) is 9.59 Å². The summed E-state index contributed by atoms with van der Waals surface area (Å²) in [7, 11) is 1.58. The molecule has 3 N–H and O–H groups in total. The number of nitrogens with two attached hydrogens (primary N) is 1. The Balaban J connectivity index is 2.22. The molecule has 1 aromatic carbocycles. The van der Waals surface area contributed by atoms with E-state index in [1.165, 1.54) is 4.57 Å². The fourth-order valence-corrected chi connectivity index (χ4v) is 2.89. The number of unbranched alkanes of at least 4 members (excludes halogenated alkanes) is 1. The van der Waals surface area contributed by atoms with Gasteiger partial charge in [-0.15, -0.1) is 0 Å². The van der Waals surface area contributed by atoms with Gasteiger partial charge >= 0.3 is 5.69 Å². The van der Waals surface area contributed by atoms with Gasteiger partial charge in [0, 0.05) is 25.2 Å². The Kier molecular flexibility index (Phi) is 8.41. The van der Waals surface area contributed by atoms with E-state index in [0.717, 1.165) is 12.8 Å². The second kappa shape index (κ2) is 10.8. The molecule has 0 fully saturated rings. The van der Waals surface area contributed by atoms with Crippen molar-refractivity contribution in [2.45, 2.75) is 26.3 Å². The molecule has 2 rings (SSSR count). The van der Waals surface area contributed by atoms with Crippen LogP contribution in [0.25, 0.3) is 0 Å². The predicted molar refractivity (Wildman–Crippen MR) is 112 cm³/mol. The summed E-state index contributed by atoms with van der Waals surface area (Å²) >= 11 is 5.87. The molecule has 1 aromatic heterocycles. The summed E-state index contributed by atoms with van der Waals surface area (Å²) in [6.07, 6.45) is 1.69. The van der Waals surface area contributed by atoms with E-state index < -0.39 is 11.2 Å². The average molecular weight is 411 g/mol. The molecule has 8 nitrogen and oxygen atoms in total. The van der Waals surface area contributed by atoms with Crippen LogP contribution in [0.1, 0.15) is 19.8 Å². The lowest BCUT2D eigenvalue weighted by molar-refractivity contribution is 0.203. The zero-order chi connectivity index (χ0) is 20.5. The highest BCUT2D eigenvalue weighted by molar-refractivity contribution is 6.30. The fourth-order valence-electron chi connectivity index (χ4n) is 2.76. The summed E-state index contributed by atoms with van der Waals surface area (Å²) in [6.45, 7) is 4.01. The lowest BCUT2D eigenvalue weighted by Gasteiger charge is -2.26. The lowest BCUT2D eigenvalue weighted by atomic mass is 10.3. The number of nitrogen functional groups attached to an aromatic ring is 1. The molecule has 0 atom stereocenters. The molecule has 0 aliphatic carbocycles. The number of anilines is 2. The number of hydrogen-bond donors (Lipinski definition) is 2. The van der Waals surface area contributed by atoms with Crippen molar-refractivity contribution in [3.05, 3.63) is 50.1 Å². The summed E-state index contributed by atoms with van der Waals surface area (Å²) < 4.78 is 12.3. The Morgan fingerprint density at radius 1 is 1.18 bits per heavy atom. The highest BCUT2D eigenvalue weighted by Crippen LogP contribution is 2.18. The summed E-state index contributed by atoms with van der Waals surface area (Å²) in [5.74, 6) is 0.829. The molecule has 9 heteroatoms. The van der Waals surface area contributed by atoms with Crippen LogP contribution in [0.2, 0.25) is 5.02 Å². The number of nitrogens with zero attached hydrogens (tertiary/aromatic N) is 2. The normalized spacial score (nSPS) is 10.8. The Morgan fingerprint density at radius 2 is 1.86 bits per heavy atom. The summed E-state index contributed by atoms with van der Waals surface area (Å²) in [4.78, 5) is 28.7. The van der Waals surface area contributed by atoms with Crippen molar-refractivity contribution in [3.63, 3.8) is 0 Å². The topological polar surface area (TPSA) is 103 Å². The monoisotopic (exact) mass is 410 g/mol. The first-order valence-electron chi connectivity index (χ1n) is 9.22. The van der Waals surface area contributed by atoms with Gasteiger partial charge in [0.2, 0.25) is 0 Å². The Bertz CT molecular complexity index is 864. The molecule has 0 saturated carbocycles. The molecule has 0 amide bonds. The number of rotatable bonds is 11. The molecular formula is C19H27ClN4O4. The first kappa shape index (κ1) is 21.8. The zero-order valence-electron chi connectivity index (χ0n) is 16.2. The Morgan fingerprint density at radius 3 is 2.50 bits per heavy atom. The van der Waals surface area contributed by atoms with Crippen molar-refractivity contribution in [2.24, 2.45) is 0 Å². The third kappa shape index (κ3) is 5.77. The predicted octanol–water partition coefficient (Wildman–Crippen LogP) is 2.10. The average Bonchev–Trinajstić information content (AvgIpc) is 2.66. The Hall–Kier alpha value is -2.45. The van der Waals surface area contributed by atoms with Gasteiger partial charge in [-0.25, -0.2) is 4.79 Å². The van der Waals surface area contributed by atoms with E-state index >= 15 is 0 Å². The standard InChI is InChI=1S/C19H27ClN4O4/c1-3-4-9-24-17(21)16(18(25)22-19(24)26)23(10-12-27-2)11-13-28-15-7-5-14(20)6-8-15/h5-8H,3-4,9-13,21H2,1-2H3,(H,22,25,26). The number of aromatic amines is 1. The minimum Gasteiger partial charge on any atom is -0.492 e. The number of aromatic nitrogens is 2. The van der Waals surface area contributed by atoms with Crippen LogP contribution < -0.4 is 26.6 Å². The van der Waals surface area contributed by atoms with E-state index in [2.05, 4.69) is 4.98 Å². The van der Waals surface area contributed by atoms with E-state index in [1.807, 2.05) is 6.92 Å². The highest BCUT2D eigenvalue weighted by Gasteiger charge is 2.18. The third-order valence-corrected chi connectivity index (χ3v) is 4.53. The van der Waals surface area contributed by atoms with Crippen molar-refractivity contribution in [1.82, 2.24) is 9.55 Å². The van der Waals surface area contributed by atoms with Crippen molar-refractivity contribution in [2.75, 3.05) is 44.0 Å². The van der Waals surface area contributed by atoms with Gasteiger partial charge in [0.05, 0.1) is 13.2 Å². The number of methoxy groups -OCH3 is 1. The van der Waals surface area contributed by atoms with Crippen molar-refractivity contribution in [1.29, 1.82) is 0 Å². The maximum absolute atomic E-state index is 12.5. The van der Waals surface area contributed by atoms with Crippen molar-refractivity contribution >= 4 is 23.1 Å². The lowest BCUT2D eigenvalue weighted by Crippen LogP contribution is -2.41. The zero-order valence-corrected chi connectivity index (χ0v) is 17.0. The molecular weight excluding hydrogens is 384 g/mol. The number of H-pyrrole nitrogens is 1. The molecule has 28 heavy (non-hydrogen) atoms. The highest BCUT2D eigenvalue weighted by atomic mass is 35.5. The van der Waals surface area contributed by atoms with Crippen LogP contribution >= 0.6 is 11.6 Å². The number of hydrogen-bond acceptors (Lipinski definition) is 6. The van der Waals surface area contributed by atoms with Gasteiger partial charge in [0.1, 0.15) is 23.9 Å². The van der Waals surface area contributed by atoms with Crippen LogP contribution in [0.15, 0.2) is 33.9 Å². The van der Waals surface area contributed by atoms with Crippen LogP contribution in [-0.2, 0) is 11.3 Å². The van der Waals surface area contributed by atoms with Crippen molar-refractivity contribution in [3.8, 4) is 5.75 Å². The molecule has 0 aliphatic heterocycles. The number of benzene rings is 1. The SMILES string of the molecule is CCCCn1c(N)c(N(CCOC)CCOc2ccc(Cl)cc2)c(=O)[nH]c1=O. The minimum atomic E-state index is -0.516. The molecule has 0 unspecified atom stereocenters. The first-order valence-corrected chi connectivity index (χ1v) is 9.60. The quantitative estimate of drug-likeness (QED) is 0.588. The van der Waals surface area contributed by atoms with Gasteiger partial charge in [-0.3, -0.25) is 14.3 Å². The van der Waals surface area contributed by atoms with Gasteiger partial charge in [-0.2, -0.15) is 0 Å². The van der Waals surface area contributed by atoms with E-state index in [4.69, 9.17) is 26.8 Å². The molecule has 0 radical (unpaired) electrons. The molecule has 2 aromatic rings. The van der Waals surface area contributed by atoms with E-state index in [-0.39, 0.29) is 11.5 Å².